The van der Waals surface area contributed by atoms with Gasteiger partial charge in [-0.15, -0.1) is 0 Å². The van der Waals surface area contributed by atoms with E-state index < -0.39 is 8.32 Å². The van der Waals surface area contributed by atoms with Crippen LogP contribution in [0.4, 0.5) is 0 Å². The van der Waals surface area contributed by atoms with Crippen molar-refractivity contribution in [2.45, 2.75) is 33.0 Å². The minimum Gasteiger partial charge on any atom is -0.411 e. The Morgan fingerprint density at radius 3 is 1.56 bits per heavy atom. The molecule has 3 rings (SSSR count). The van der Waals surface area contributed by atoms with Crippen molar-refractivity contribution in [3.05, 3.63) is 67.3 Å². The number of pyridine rings is 2. The number of rotatable bonds is 5. The maximum atomic E-state index is 6.32. The molecule has 0 N–H and O–H groups in total. The minimum atomic E-state index is -2.00. The second-order valence-electron chi connectivity index (χ2n) is 6.95. The molecule has 3 aromatic rings. The molecule has 0 spiro atoms. The molecule has 0 saturated heterocycles. The van der Waals surface area contributed by atoms with E-state index in [1.165, 1.54) is 27.4 Å². The third-order valence-electron chi connectivity index (χ3n) is 4.19. The van der Waals surface area contributed by atoms with Gasteiger partial charge in [0.15, 0.2) is 0 Å². The Morgan fingerprint density at radius 1 is 0.720 bits per heavy atom. The van der Waals surface area contributed by atoms with Crippen LogP contribution in [0.5, 0.6) is 0 Å². The first kappa shape index (κ1) is 17.5. The molecule has 3 nitrogen and oxygen atoms in total. The summed E-state index contributed by atoms with van der Waals surface area (Å²) in [5.74, 6) is 0. The van der Waals surface area contributed by atoms with Crippen LogP contribution in [-0.2, 0) is 4.43 Å². The first-order chi connectivity index (χ1) is 12.0. The van der Waals surface area contributed by atoms with E-state index in [1.807, 2.05) is 49.1 Å². The molecule has 0 amide bonds. The van der Waals surface area contributed by atoms with Crippen LogP contribution in [0.3, 0.4) is 0 Å². The van der Waals surface area contributed by atoms with E-state index in [0.29, 0.717) is 0 Å². The predicted molar refractivity (Wildman–Crippen MR) is 106 cm³/mol. The van der Waals surface area contributed by atoms with E-state index in [4.69, 9.17) is 4.43 Å². The van der Waals surface area contributed by atoms with E-state index in [2.05, 4.69) is 55.1 Å². The number of aromatic nitrogens is 2. The molecule has 2 aromatic heterocycles. The molecule has 0 aliphatic carbocycles. The van der Waals surface area contributed by atoms with Crippen molar-refractivity contribution in [1.82, 2.24) is 9.97 Å². The van der Waals surface area contributed by atoms with E-state index in [0.717, 1.165) is 0 Å². The van der Waals surface area contributed by atoms with Crippen LogP contribution in [0, 0.1) is 0 Å². The van der Waals surface area contributed by atoms with Crippen molar-refractivity contribution in [3.8, 4) is 22.3 Å². The van der Waals surface area contributed by atoms with Gasteiger partial charge in [-0.1, -0.05) is 12.1 Å². The van der Waals surface area contributed by atoms with Crippen molar-refractivity contribution >= 4 is 13.5 Å². The standard InChI is InChI=1S/C21H24N2OSi/c1-16(2)24-25(3,4)21-14-19(17-5-9-22-10-6-17)13-20(15-21)18-7-11-23-12-8-18/h5-16H,1-4H3. The highest BCUT2D eigenvalue weighted by molar-refractivity contribution is 6.84. The number of benzene rings is 1. The SMILES string of the molecule is CC(C)O[Si](C)(C)c1cc(-c2ccncc2)cc(-c2ccncc2)c1. The van der Waals surface area contributed by atoms with Gasteiger partial charge in [0.25, 0.3) is 0 Å². The maximum absolute atomic E-state index is 6.32. The van der Waals surface area contributed by atoms with Crippen molar-refractivity contribution in [2.75, 3.05) is 0 Å². The lowest BCUT2D eigenvalue weighted by molar-refractivity contribution is 0.238. The van der Waals surface area contributed by atoms with Crippen LogP contribution in [-0.4, -0.2) is 24.4 Å². The van der Waals surface area contributed by atoms with Gasteiger partial charge in [0, 0.05) is 30.9 Å². The molecule has 0 atom stereocenters. The van der Waals surface area contributed by atoms with E-state index >= 15 is 0 Å². The van der Waals surface area contributed by atoms with Crippen LogP contribution in [0.15, 0.2) is 67.3 Å². The Morgan fingerprint density at radius 2 is 1.16 bits per heavy atom. The molecule has 2 heterocycles. The third-order valence-corrected chi connectivity index (χ3v) is 6.93. The smallest absolute Gasteiger partial charge is 0.218 e. The zero-order chi connectivity index (χ0) is 17.9. The molecule has 1 aromatic carbocycles. The van der Waals surface area contributed by atoms with E-state index in [-0.39, 0.29) is 6.10 Å². The lowest BCUT2D eigenvalue weighted by atomic mass is 10.0. The van der Waals surface area contributed by atoms with Gasteiger partial charge in [-0.25, -0.2) is 0 Å². The Labute approximate surface area is 150 Å². The Bertz CT molecular complexity index is 775. The van der Waals surface area contributed by atoms with Crippen molar-refractivity contribution in [1.29, 1.82) is 0 Å². The molecular weight excluding hydrogens is 324 g/mol. The van der Waals surface area contributed by atoms with Gasteiger partial charge >= 0.3 is 0 Å². The molecule has 0 saturated carbocycles. The van der Waals surface area contributed by atoms with Crippen molar-refractivity contribution in [3.63, 3.8) is 0 Å². The summed E-state index contributed by atoms with van der Waals surface area (Å²) in [6.07, 6.45) is 7.56. The van der Waals surface area contributed by atoms with E-state index in [9.17, 15) is 0 Å². The molecule has 0 aliphatic heterocycles. The first-order valence-electron chi connectivity index (χ1n) is 8.60. The number of nitrogens with zero attached hydrogens (tertiary/aromatic N) is 2. The highest BCUT2D eigenvalue weighted by atomic mass is 28.4. The highest BCUT2D eigenvalue weighted by Crippen LogP contribution is 2.26. The molecule has 4 heteroatoms. The van der Waals surface area contributed by atoms with Gasteiger partial charge < -0.3 is 4.43 Å². The fourth-order valence-corrected chi connectivity index (χ4v) is 5.38. The van der Waals surface area contributed by atoms with Crippen LogP contribution in [0.1, 0.15) is 13.8 Å². The van der Waals surface area contributed by atoms with Crippen LogP contribution in [0.25, 0.3) is 22.3 Å². The van der Waals surface area contributed by atoms with Crippen LogP contribution >= 0.6 is 0 Å². The average Bonchev–Trinajstić information content (AvgIpc) is 2.62. The summed E-state index contributed by atoms with van der Waals surface area (Å²) in [7, 11) is -2.00. The zero-order valence-corrected chi connectivity index (χ0v) is 16.2. The Hall–Kier alpha value is -2.30. The number of hydrogen-bond donors (Lipinski definition) is 0. The summed E-state index contributed by atoms with van der Waals surface area (Å²) in [4.78, 5) is 8.28. The number of hydrogen-bond acceptors (Lipinski definition) is 3. The average molecular weight is 349 g/mol. The summed E-state index contributed by atoms with van der Waals surface area (Å²) < 4.78 is 6.32. The van der Waals surface area contributed by atoms with Crippen LogP contribution < -0.4 is 5.19 Å². The fraction of sp³-hybridized carbons (Fsp3) is 0.238. The fourth-order valence-electron chi connectivity index (χ4n) is 3.05. The molecule has 0 bridgehead atoms. The molecule has 0 radical (unpaired) electrons. The summed E-state index contributed by atoms with van der Waals surface area (Å²) in [5, 5.41) is 1.29. The molecule has 0 unspecified atom stereocenters. The Balaban J connectivity index is 2.15. The quantitative estimate of drug-likeness (QED) is 0.630. The summed E-state index contributed by atoms with van der Waals surface area (Å²) in [6, 6.07) is 15.0. The molecule has 128 valence electrons. The van der Waals surface area contributed by atoms with Gasteiger partial charge in [-0.3, -0.25) is 9.97 Å². The second-order valence-corrected chi connectivity index (χ2v) is 10.8. The van der Waals surface area contributed by atoms with Gasteiger partial charge in [-0.05, 0) is 84.7 Å². The zero-order valence-electron chi connectivity index (χ0n) is 15.2. The van der Waals surface area contributed by atoms with E-state index in [1.54, 1.807) is 0 Å². The van der Waals surface area contributed by atoms with Crippen molar-refractivity contribution in [2.24, 2.45) is 0 Å². The lowest BCUT2D eigenvalue weighted by Gasteiger charge is -2.27. The molecular formula is C21H24N2OSi. The lowest BCUT2D eigenvalue weighted by Crippen LogP contribution is -2.46. The Kier molecular flexibility index (Phi) is 5.11. The molecule has 0 aliphatic rings. The second kappa shape index (κ2) is 7.29. The first-order valence-corrected chi connectivity index (χ1v) is 11.5. The van der Waals surface area contributed by atoms with Gasteiger partial charge in [0.1, 0.15) is 0 Å². The summed E-state index contributed by atoms with van der Waals surface area (Å²) in [5.41, 5.74) is 4.72. The monoisotopic (exact) mass is 348 g/mol. The normalized spacial score (nSPS) is 11.7. The minimum absolute atomic E-state index is 0.218. The topological polar surface area (TPSA) is 35.0 Å². The summed E-state index contributed by atoms with van der Waals surface area (Å²) >= 11 is 0. The van der Waals surface area contributed by atoms with Crippen LogP contribution in [0.2, 0.25) is 13.1 Å². The van der Waals surface area contributed by atoms with Gasteiger partial charge in [0.05, 0.1) is 0 Å². The van der Waals surface area contributed by atoms with Gasteiger partial charge in [-0.2, -0.15) is 0 Å². The molecule has 25 heavy (non-hydrogen) atoms. The van der Waals surface area contributed by atoms with Gasteiger partial charge in [0.2, 0.25) is 8.32 Å². The maximum Gasteiger partial charge on any atom is 0.218 e. The highest BCUT2D eigenvalue weighted by Gasteiger charge is 2.27. The molecule has 0 fully saturated rings. The predicted octanol–water partition coefficient (Wildman–Crippen LogP) is 4.65. The van der Waals surface area contributed by atoms with Crippen molar-refractivity contribution < 1.29 is 4.43 Å². The third kappa shape index (κ3) is 4.21. The largest absolute Gasteiger partial charge is 0.411 e. The summed E-state index contributed by atoms with van der Waals surface area (Å²) in [6.45, 7) is 8.72.